The predicted octanol–water partition coefficient (Wildman–Crippen LogP) is 1.69. The number of benzene rings is 1. The Morgan fingerprint density at radius 3 is 2.96 bits per heavy atom. The lowest BCUT2D eigenvalue weighted by atomic mass is 9.84. The van der Waals surface area contributed by atoms with Gasteiger partial charge < -0.3 is 25.0 Å². The molecule has 0 aliphatic carbocycles. The molecular formula is C20H31N5O2. The highest BCUT2D eigenvalue weighted by Gasteiger charge is 2.34. The minimum atomic E-state index is -0.0335. The van der Waals surface area contributed by atoms with E-state index >= 15 is 0 Å². The van der Waals surface area contributed by atoms with Gasteiger partial charge in [-0.25, -0.2) is 4.98 Å². The second kappa shape index (κ2) is 9.19. The molecule has 1 aliphatic heterocycles. The van der Waals surface area contributed by atoms with Crippen molar-refractivity contribution >= 4 is 17.0 Å². The zero-order valence-electron chi connectivity index (χ0n) is 16.4. The van der Waals surface area contributed by atoms with Crippen LogP contribution in [0.25, 0.3) is 11.0 Å². The van der Waals surface area contributed by atoms with Crippen LogP contribution in [0, 0.1) is 12.3 Å². The van der Waals surface area contributed by atoms with Crippen LogP contribution in [0.2, 0.25) is 0 Å². The van der Waals surface area contributed by atoms with Gasteiger partial charge in [0, 0.05) is 38.3 Å². The maximum Gasteiger partial charge on any atom is 0.191 e. The highest BCUT2D eigenvalue weighted by Crippen LogP contribution is 2.32. The molecule has 0 bridgehead atoms. The van der Waals surface area contributed by atoms with Crippen molar-refractivity contribution in [1.82, 2.24) is 20.2 Å². The highest BCUT2D eigenvalue weighted by molar-refractivity contribution is 5.80. The van der Waals surface area contributed by atoms with Crippen LogP contribution in [-0.4, -0.2) is 60.1 Å². The molecule has 0 amide bonds. The van der Waals surface area contributed by atoms with Crippen LogP contribution >= 0.6 is 0 Å². The van der Waals surface area contributed by atoms with E-state index in [1.807, 2.05) is 25.1 Å². The Hall–Kier alpha value is -2.12. The molecule has 27 heavy (non-hydrogen) atoms. The Labute approximate surface area is 160 Å². The number of aliphatic hydroxyl groups is 1. The lowest BCUT2D eigenvalue weighted by Crippen LogP contribution is -2.40. The number of nitrogens with zero attached hydrogens (tertiary/aromatic N) is 3. The van der Waals surface area contributed by atoms with Crippen LogP contribution < -0.4 is 10.6 Å². The number of hydrogen-bond acceptors (Lipinski definition) is 4. The van der Waals surface area contributed by atoms with Crippen LogP contribution in [0.1, 0.15) is 25.6 Å². The Bertz CT molecular complexity index is 765. The van der Waals surface area contributed by atoms with Crippen molar-refractivity contribution in [3.05, 3.63) is 30.1 Å². The first-order valence-electron chi connectivity index (χ1n) is 9.80. The fourth-order valence-corrected chi connectivity index (χ4v) is 3.64. The summed E-state index contributed by atoms with van der Waals surface area (Å²) in [6, 6.07) is 8.21. The van der Waals surface area contributed by atoms with E-state index in [0.29, 0.717) is 13.2 Å². The lowest BCUT2D eigenvalue weighted by Gasteiger charge is -2.25. The van der Waals surface area contributed by atoms with Crippen LogP contribution in [0.15, 0.2) is 29.3 Å². The summed E-state index contributed by atoms with van der Waals surface area (Å²) in [5, 5.41) is 16.1. The molecule has 0 spiro atoms. The van der Waals surface area contributed by atoms with Gasteiger partial charge in [-0.05, 0) is 38.8 Å². The van der Waals surface area contributed by atoms with Crippen molar-refractivity contribution in [3.8, 4) is 0 Å². The number of ether oxygens (including phenoxy) is 1. The van der Waals surface area contributed by atoms with Crippen molar-refractivity contribution in [2.24, 2.45) is 10.4 Å². The first-order chi connectivity index (χ1) is 13.2. The van der Waals surface area contributed by atoms with Gasteiger partial charge in [-0.3, -0.25) is 4.99 Å². The molecule has 1 fully saturated rings. The third-order valence-corrected chi connectivity index (χ3v) is 5.22. The molecule has 1 saturated heterocycles. The molecule has 1 aromatic carbocycles. The van der Waals surface area contributed by atoms with E-state index in [1.54, 1.807) is 0 Å². The summed E-state index contributed by atoms with van der Waals surface area (Å²) in [7, 11) is 0. The molecule has 3 rings (SSSR count). The first-order valence-corrected chi connectivity index (χ1v) is 9.80. The van der Waals surface area contributed by atoms with E-state index in [-0.39, 0.29) is 12.0 Å². The third kappa shape index (κ3) is 4.78. The average molecular weight is 374 g/mol. The van der Waals surface area contributed by atoms with Gasteiger partial charge in [0.25, 0.3) is 0 Å². The number of aryl methyl sites for hydroxylation is 1. The quantitative estimate of drug-likeness (QED) is 0.484. The molecular weight excluding hydrogens is 342 g/mol. The van der Waals surface area contributed by atoms with E-state index < -0.39 is 0 Å². The van der Waals surface area contributed by atoms with Gasteiger partial charge in [0.05, 0.1) is 24.2 Å². The normalized spacial score (nSPS) is 20.3. The number of guanidine groups is 1. The van der Waals surface area contributed by atoms with Gasteiger partial charge in [-0.1, -0.05) is 12.1 Å². The minimum Gasteiger partial charge on any atom is -0.396 e. The molecule has 1 atom stereocenters. The van der Waals surface area contributed by atoms with Gasteiger partial charge in [0.15, 0.2) is 5.96 Å². The summed E-state index contributed by atoms with van der Waals surface area (Å²) in [4.78, 5) is 9.39. The van der Waals surface area contributed by atoms with Gasteiger partial charge >= 0.3 is 0 Å². The largest absolute Gasteiger partial charge is 0.396 e. The number of aliphatic imine (C=N–C) groups is 1. The average Bonchev–Trinajstić information content (AvgIpc) is 3.25. The summed E-state index contributed by atoms with van der Waals surface area (Å²) < 4.78 is 7.78. The van der Waals surface area contributed by atoms with E-state index in [4.69, 9.17) is 9.73 Å². The summed E-state index contributed by atoms with van der Waals surface area (Å²) >= 11 is 0. The number of fused-ring (bicyclic) bond motifs is 1. The molecule has 1 aliphatic rings. The second-order valence-electron chi connectivity index (χ2n) is 7.20. The first kappa shape index (κ1) is 19.6. The summed E-state index contributed by atoms with van der Waals surface area (Å²) in [5.74, 6) is 1.83. The maximum absolute atomic E-state index is 9.38. The van der Waals surface area contributed by atoms with Crippen LogP contribution in [0.5, 0.6) is 0 Å². The third-order valence-electron chi connectivity index (χ3n) is 5.22. The van der Waals surface area contributed by atoms with Crippen LogP contribution in [0.4, 0.5) is 0 Å². The van der Waals surface area contributed by atoms with Gasteiger partial charge in [-0.15, -0.1) is 0 Å². The van der Waals surface area contributed by atoms with Crippen LogP contribution in [-0.2, 0) is 11.3 Å². The highest BCUT2D eigenvalue weighted by atomic mass is 16.5. The second-order valence-corrected chi connectivity index (χ2v) is 7.20. The molecule has 1 aromatic heterocycles. The van der Waals surface area contributed by atoms with E-state index in [2.05, 4.69) is 33.2 Å². The number of hydrogen-bond donors (Lipinski definition) is 3. The smallest absolute Gasteiger partial charge is 0.191 e. The molecule has 7 heteroatoms. The summed E-state index contributed by atoms with van der Waals surface area (Å²) in [6.45, 7) is 8.76. The van der Waals surface area contributed by atoms with Crippen molar-refractivity contribution in [3.63, 3.8) is 0 Å². The molecule has 7 nitrogen and oxygen atoms in total. The minimum absolute atomic E-state index is 0.0335. The van der Waals surface area contributed by atoms with E-state index in [9.17, 15) is 5.11 Å². The van der Waals surface area contributed by atoms with E-state index in [0.717, 1.165) is 61.9 Å². The number of imidazole rings is 1. The van der Waals surface area contributed by atoms with Crippen molar-refractivity contribution in [2.75, 3.05) is 39.5 Å². The summed E-state index contributed by atoms with van der Waals surface area (Å²) in [5.41, 5.74) is 2.15. The standard InChI is InChI=1S/C20H31N5O2/c1-3-21-19(23-14-20(8-12-26)9-13-27-15-20)22-10-11-25-16(2)24-17-6-4-5-7-18(17)25/h4-7,26H,3,8-15H2,1-2H3,(H2,21,22,23). The molecule has 1 unspecified atom stereocenters. The molecule has 148 valence electrons. The van der Waals surface area contributed by atoms with Crippen LogP contribution in [0.3, 0.4) is 0 Å². The number of rotatable bonds is 8. The number of aliphatic hydroxyl groups excluding tert-OH is 1. The van der Waals surface area contributed by atoms with E-state index in [1.165, 1.54) is 0 Å². The van der Waals surface area contributed by atoms with Crippen molar-refractivity contribution in [1.29, 1.82) is 0 Å². The summed E-state index contributed by atoms with van der Waals surface area (Å²) in [6.07, 6.45) is 1.69. The Morgan fingerprint density at radius 2 is 2.22 bits per heavy atom. The molecule has 3 N–H and O–H groups in total. The molecule has 0 radical (unpaired) electrons. The van der Waals surface area contributed by atoms with Gasteiger partial charge in [0.1, 0.15) is 5.82 Å². The fraction of sp³-hybridized carbons (Fsp3) is 0.600. The Kier molecular flexibility index (Phi) is 6.68. The zero-order valence-corrected chi connectivity index (χ0v) is 16.4. The Balaban J connectivity index is 1.61. The van der Waals surface area contributed by atoms with Gasteiger partial charge in [-0.2, -0.15) is 0 Å². The predicted molar refractivity (Wildman–Crippen MR) is 108 cm³/mol. The molecule has 2 aromatic rings. The maximum atomic E-state index is 9.38. The lowest BCUT2D eigenvalue weighted by molar-refractivity contribution is 0.131. The zero-order chi connectivity index (χ0) is 19.1. The fourth-order valence-electron chi connectivity index (χ4n) is 3.64. The number of aromatic nitrogens is 2. The SMILES string of the molecule is CCNC(=NCC1(CCO)CCOC1)NCCn1c(C)nc2ccccc21. The molecule has 0 saturated carbocycles. The monoisotopic (exact) mass is 373 g/mol. The number of para-hydroxylation sites is 2. The topological polar surface area (TPSA) is 83.7 Å². The van der Waals surface area contributed by atoms with Gasteiger partial charge in [0.2, 0.25) is 0 Å². The van der Waals surface area contributed by atoms with Crippen molar-refractivity contribution in [2.45, 2.75) is 33.2 Å². The Morgan fingerprint density at radius 1 is 1.37 bits per heavy atom. The number of nitrogens with one attached hydrogen (secondary N) is 2. The molecule has 2 heterocycles. The van der Waals surface area contributed by atoms with Crippen molar-refractivity contribution < 1.29 is 9.84 Å².